The van der Waals surface area contributed by atoms with Crippen LogP contribution in [0.25, 0.3) is 0 Å². The van der Waals surface area contributed by atoms with Gasteiger partial charge in [0.25, 0.3) is 0 Å². The molecule has 0 aromatic carbocycles. The van der Waals surface area contributed by atoms with Gasteiger partial charge in [-0.1, -0.05) is 247 Å². The second kappa shape index (κ2) is 64.5. The maximum Gasteiger partial charge on any atom is 0.306 e. The molecule has 0 saturated carbocycles. The van der Waals surface area contributed by atoms with Gasteiger partial charge in [-0.25, -0.2) is 0 Å². The van der Waals surface area contributed by atoms with E-state index >= 15 is 0 Å². The van der Waals surface area contributed by atoms with Gasteiger partial charge in [-0.3, -0.25) is 14.4 Å². The topological polar surface area (TPSA) is 78.9 Å². The first kappa shape index (κ1) is 73.0. The van der Waals surface area contributed by atoms with Crippen molar-refractivity contribution in [1.29, 1.82) is 0 Å². The number of hydrogen-bond donors (Lipinski definition) is 0. The molecule has 1 unspecified atom stereocenters. The average molecular weight is 1080 g/mol. The standard InChI is InChI=1S/C73H108O6/c1-4-7-10-13-16-19-22-25-28-30-32-33-34-35-36-37-38-39-41-42-45-48-51-54-57-60-63-66-72(75)78-69-70(68-77-71(74)65-62-59-56-53-50-47-44-27-24-21-18-15-12-9-6-3)79-73(76)67-64-61-58-55-52-49-46-43-40-31-29-26-23-20-17-14-11-8-5-2/h7-12,16-21,25-29,32-33,35-36,38-40,42-45,49,51-52,54,58,61,70H,4-6,13-15,22-24,30-31,34,37,41,46-48,50,53,55-57,59-60,62-69H2,1-3H3/b10-7-,11-8-,12-9-,19-16-,20-17-,21-18-,28-25-,29-26-,33-32-,36-35-,39-38-,43-40-,44-27-,45-42-,52-49-,54-51-,61-58-. The van der Waals surface area contributed by atoms with Gasteiger partial charge in [0, 0.05) is 19.3 Å². The molecule has 0 fully saturated rings. The first-order valence-corrected chi connectivity index (χ1v) is 30.6. The third-order valence-electron chi connectivity index (χ3n) is 11.8. The summed E-state index contributed by atoms with van der Waals surface area (Å²) < 4.78 is 16.8. The van der Waals surface area contributed by atoms with E-state index in [2.05, 4.69) is 215 Å². The highest BCUT2D eigenvalue weighted by atomic mass is 16.6. The molecule has 0 bridgehead atoms. The SMILES string of the molecule is CC/C=C\C/C=C\C/C=C\C/C=C\C/C=C\C/C=C\C/C=C\C/C=C\CCCCC(=O)OCC(COC(=O)CCCCCCC/C=C\C/C=C\C/C=C\CC)OC(=O)CC/C=C\C/C=C\C/C=C\C/C=C\C/C=C\C/C=C\CC. The van der Waals surface area contributed by atoms with Crippen LogP contribution in [0.4, 0.5) is 0 Å². The van der Waals surface area contributed by atoms with Crippen LogP contribution < -0.4 is 0 Å². The lowest BCUT2D eigenvalue weighted by atomic mass is 10.1. The van der Waals surface area contributed by atoms with E-state index in [0.29, 0.717) is 19.3 Å². The number of carbonyl (C=O) groups excluding carboxylic acids is 3. The predicted octanol–water partition coefficient (Wildman–Crippen LogP) is 21.2. The Morgan fingerprint density at radius 3 is 0.785 bits per heavy atom. The summed E-state index contributed by atoms with van der Waals surface area (Å²) in [6, 6.07) is 0. The second-order valence-corrected chi connectivity index (χ2v) is 19.1. The molecule has 6 heteroatoms. The van der Waals surface area contributed by atoms with Gasteiger partial charge in [-0.15, -0.1) is 0 Å². The van der Waals surface area contributed by atoms with Crippen molar-refractivity contribution in [3.05, 3.63) is 207 Å². The number of allylic oxidation sites excluding steroid dienone is 34. The molecule has 0 N–H and O–H groups in total. The highest BCUT2D eigenvalue weighted by Gasteiger charge is 2.19. The maximum atomic E-state index is 12.9. The molecule has 0 aliphatic carbocycles. The quantitative estimate of drug-likeness (QED) is 0.0261. The fourth-order valence-electron chi connectivity index (χ4n) is 7.32. The monoisotopic (exact) mass is 1080 g/mol. The van der Waals surface area contributed by atoms with Gasteiger partial charge in [0.1, 0.15) is 13.2 Å². The van der Waals surface area contributed by atoms with Crippen molar-refractivity contribution in [1.82, 2.24) is 0 Å². The highest BCUT2D eigenvalue weighted by Crippen LogP contribution is 2.11. The van der Waals surface area contributed by atoms with E-state index in [4.69, 9.17) is 14.2 Å². The van der Waals surface area contributed by atoms with E-state index in [0.717, 1.165) is 161 Å². The van der Waals surface area contributed by atoms with E-state index < -0.39 is 12.1 Å². The smallest absolute Gasteiger partial charge is 0.306 e. The van der Waals surface area contributed by atoms with Crippen LogP contribution in [-0.4, -0.2) is 37.2 Å². The van der Waals surface area contributed by atoms with Crippen LogP contribution >= 0.6 is 0 Å². The van der Waals surface area contributed by atoms with Crippen molar-refractivity contribution >= 4 is 17.9 Å². The number of ether oxygens (including phenoxy) is 3. The van der Waals surface area contributed by atoms with E-state index in [-0.39, 0.29) is 38.0 Å². The van der Waals surface area contributed by atoms with Crippen molar-refractivity contribution in [2.45, 2.75) is 219 Å². The van der Waals surface area contributed by atoms with E-state index in [1.165, 1.54) is 0 Å². The minimum Gasteiger partial charge on any atom is -0.462 e. The zero-order chi connectivity index (χ0) is 57.1. The van der Waals surface area contributed by atoms with Crippen LogP contribution in [0.3, 0.4) is 0 Å². The first-order valence-electron chi connectivity index (χ1n) is 30.6. The summed E-state index contributed by atoms with van der Waals surface area (Å²) in [6.45, 7) is 6.16. The van der Waals surface area contributed by atoms with Gasteiger partial charge in [0.15, 0.2) is 6.10 Å². The molecular formula is C73H108O6. The molecule has 0 spiro atoms. The molecule has 79 heavy (non-hydrogen) atoms. The summed E-state index contributed by atoms with van der Waals surface area (Å²) in [5.74, 6) is -1.10. The summed E-state index contributed by atoms with van der Waals surface area (Å²) in [7, 11) is 0. The molecule has 6 nitrogen and oxygen atoms in total. The van der Waals surface area contributed by atoms with Gasteiger partial charge in [0.2, 0.25) is 0 Å². The Balaban J connectivity index is 4.61. The van der Waals surface area contributed by atoms with Crippen LogP contribution in [0.1, 0.15) is 213 Å². The number of unbranched alkanes of at least 4 members (excludes halogenated alkanes) is 7. The molecular weight excluding hydrogens is 973 g/mol. The van der Waals surface area contributed by atoms with Crippen molar-refractivity contribution < 1.29 is 28.6 Å². The largest absolute Gasteiger partial charge is 0.462 e. The summed E-state index contributed by atoms with van der Waals surface area (Å²) in [4.78, 5) is 38.2. The molecule has 0 radical (unpaired) electrons. The molecule has 1 atom stereocenters. The maximum absolute atomic E-state index is 12.9. The molecule has 436 valence electrons. The Bertz CT molecular complexity index is 1960. The molecule has 0 heterocycles. The number of hydrogen-bond acceptors (Lipinski definition) is 6. The van der Waals surface area contributed by atoms with Crippen molar-refractivity contribution in [3.63, 3.8) is 0 Å². The summed E-state index contributed by atoms with van der Waals surface area (Å²) in [6.07, 6.45) is 99.8. The third-order valence-corrected chi connectivity index (χ3v) is 11.8. The third kappa shape index (κ3) is 62.7. The van der Waals surface area contributed by atoms with Crippen LogP contribution in [0.5, 0.6) is 0 Å². The second-order valence-electron chi connectivity index (χ2n) is 19.1. The van der Waals surface area contributed by atoms with Crippen LogP contribution in [0, 0.1) is 0 Å². The molecule has 0 saturated heterocycles. The molecule has 0 aromatic heterocycles. The Morgan fingerprint density at radius 1 is 0.253 bits per heavy atom. The van der Waals surface area contributed by atoms with Crippen LogP contribution in [-0.2, 0) is 28.6 Å². The Morgan fingerprint density at radius 2 is 0.481 bits per heavy atom. The lowest BCUT2D eigenvalue weighted by Gasteiger charge is -2.18. The highest BCUT2D eigenvalue weighted by molar-refractivity contribution is 5.71. The zero-order valence-corrected chi connectivity index (χ0v) is 49.8. The van der Waals surface area contributed by atoms with E-state index in [9.17, 15) is 14.4 Å². The van der Waals surface area contributed by atoms with E-state index in [1.54, 1.807) is 0 Å². The Labute approximate surface area is 483 Å². The van der Waals surface area contributed by atoms with Crippen LogP contribution in [0.15, 0.2) is 207 Å². The van der Waals surface area contributed by atoms with E-state index in [1.807, 2.05) is 12.2 Å². The van der Waals surface area contributed by atoms with Gasteiger partial charge >= 0.3 is 17.9 Å². The summed E-state index contributed by atoms with van der Waals surface area (Å²) in [5, 5.41) is 0. The van der Waals surface area contributed by atoms with Crippen molar-refractivity contribution in [2.75, 3.05) is 13.2 Å². The zero-order valence-electron chi connectivity index (χ0n) is 49.8. The minimum absolute atomic E-state index is 0.143. The lowest BCUT2D eigenvalue weighted by Crippen LogP contribution is -2.30. The summed E-state index contributed by atoms with van der Waals surface area (Å²) in [5.41, 5.74) is 0. The van der Waals surface area contributed by atoms with Gasteiger partial charge < -0.3 is 14.2 Å². The van der Waals surface area contributed by atoms with Gasteiger partial charge in [0.05, 0.1) is 0 Å². The lowest BCUT2D eigenvalue weighted by molar-refractivity contribution is -0.166. The minimum atomic E-state index is -0.859. The van der Waals surface area contributed by atoms with Gasteiger partial charge in [-0.2, -0.15) is 0 Å². The molecule has 0 rings (SSSR count). The van der Waals surface area contributed by atoms with Crippen LogP contribution in [0.2, 0.25) is 0 Å². The normalized spacial score (nSPS) is 13.6. The van der Waals surface area contributed by atoms with Gasteiger partial charge in [-0.05, 0) is 154 Å². The predicted molar refractivity (Wildman–Crippen MR) is 343 cm³/mol. The number of carbonyl (C=O) groups is 3. The molecule has 0 aliphatic heterocycles. The average Bonchev–Trinajstić information content (AvgIpc) is 3.45. The van der Waals surface area contributed by atoms with Crippen molar-refractivity contribution in [3.8, 4) is 0 Å². The molecule has 0 aliphatic rings. The number of rotatable bonds is 52. The number of esters is 3. The summed E-state index contributed by atoms with van der Waals surface area (Å²) >= 11 is 0. The molecule has 0 amide bonds. The fraction of sp³-hybridized carbons (Fsp3) is 0.493. The Kier molecular flexibility index (Phi) is 59.6. The Hall–Kier alpha value is -6.01. The van der Waals surface area contributed by atoms with Crippen molar-refractivity contribution in [2.24, 2.45) is 0 Å². The first-order chi connectivity index (χ1) is 39.0. The molecule has 0 aromatic rings. The fourth-order valence-corrected chi connectivity index (χ4v) is 7.32.